The maximum atomic E-state index is 12.8. The quantitative estimate of drug-likeness (QED) is 0.0898. The summed E-state index contributed by atoms with van der Waals surface area (Å²) in [7, 11) is 0. The van der Waals surface area contributed by atoms with Crippen LogP contribution in [0.5, 0.6) is 0 Å². The van der Waals surface area contributed by atoms with Crippen LogP contribution in [0.4, 0.5) is 42.2 Å². The van der Waals surface area contributed by atoms with E-state index in [1.54, 1.807) is 113 Å². The number of carbonyl (C=O) groups excluding carboxylic acids is 4. The lowest BCUT2D eigenvalue weighted by Crippen LogP contribution is -2.44. The van der Waals surface area contributed by atoms with E-state index < -0.39 is 51.7 Å². The van der Waals surface area contributed by atoms with E-state index in [1.807, 2.05) is 0 Å². The Hall–Kier alpha value is -6.06. The molecule has 0 aliphatic heterocycles. The number of amides is 4. The van der Waals surface area contributed by atoms with Crippen molar-refractivity contribution in [2.45, 2.75) is 105 Å². The molecule has 0 saturated heterocycles. The Labute approximate surface area is 313 Å². The first-order valence-electron chi connectivity index (χ1n) is 16.9. The highest BCUT2D eigenvalue weighted by molar-refractivity contribution is 6.15. The van der Waals surface area contributed by atoms with Crippen molar-refractivity contribution in [2.75, 3.05) is 15.5 Å². The van der Waals surface area contributed by atoms with Gasteiger partial charge in [0.05, 0.1) is 4.92 Å². The lowest BCUT2D eigenvalue weighted by molar-refractivity contribution is -0.384. The zero-order valence-corrected chi connectivity index (χ0v) is 32.7. The number of nitrogens with zero attached hydrogens (tertiary/aromatic N) is 5. The summed E-state index contributed by atoms with van der Waals surface area (Å²) >= 11 is 0. The molecule has 2 N–H and O–H groups in total. The topological polar surface area (TPSA) is 207 Å². The molecule has 290 valence electrons. The fourth-order valence-electron chi connectivity index (χ4n) is 4.52. The monoisotopic (exact) mass is 748 g/mol. The number of nitrogens with two attached hydrogens (primary N) is 1. The molecule has 4 amide bonds. The number of rotatable bonds is 3. The third kappa shape index (κ3) is 12.0. The van der Waals surface area contributed by atoms with Crippen LogP contribution in [0.3, 0.4) is 0 Å². The minimum absolute atomic E-state index is 0.0316. The van der Waals surface area contributed by atoms with Crippen LogP contribution in [0.1, 0.15) is 83.1 Å². The van der Waals surface area contributed by atoms with Gasteiger partial charge in [0.15, 0.2) is 11.6 Å². The van der Waals surface area contributed by atoms with Crippen molar-refractivity contribution in [2.24, 2.45) is 0 Å². The van der Waals surface area contributed by atoms with Gasteiger partial charge in [0.1, 0.15) is 22.4 Å². The molecule has 0 aliphatic rings. The molecule has 2 aromatic carbocycles. The van der Waals surface area contributed by atoms with E-state index in [9.17, 15) is 29.3 Å². The summed E-state index contributed by atoms with van der Waals surface area (Å²) in [6, 6.07) is 12.5. The Morgan fingerprint density at radius 3 is 1.24 bits per heavy atom. The first-order chi connectivity index (χ1) is 24.7. The normalized spacial score (nSPS) is 11.9. The highest BCUT2D eigenvalue weighted by Gasteiger charge is 2.36. The van der Waals surface area contributed by atoms with Gasteiger partial charge >= 0.3 is 24.4 Å². The summed E-state index contributed by atoms with van der Waals surface area (Å²) in [6.07, 6.45) is -0.783. The molecule has 2 aromatic heterocycles. The summed E-state index contributed by atoms with van der Waals surface area (Å²) in [5, 5.41) is 13.2. The van der Waals surface area contributed by atoms with E-state index in [0.29, 0.717) is 26.7 Å². The Balaban J connectivity index is 0.000000291. The second-order valence-corrected chi connectivity index (χ2v) is 16.0. The number of fused-ring (bicyclic) bond motifs is 2. The van der Waals surface area contributed by atoms with Gasteiger partial charge in [-0.05, 0) is 130 Å². The van der Waals surface area contributed by atoms with Crippen molar-refractivity contribution in [1.82, 2.24) is 9.97 Å². The largest absolute Gasteiger partial charge is 0.443 e. The average Bonchev–Trinajstić information content (AvgIpc) is 2.97. The van der Waals surface area contributed by atoms with Crippen molar-refractivity contribution in [3.63, 3.8) is 0 Å². The predicted molar refractivity (Wildman–Crippen MR) is 204 cm³/mol. The van der Waals surface area contributed by atoms with E-state index >= 15 is 0 Å². The number of non-ortho nitro benzene ring substituents is 1. The van der Waals surface area contributed by atoms with E-state index in [-0.39, 0.29) is 17.3 Å². The smallest absolute Gasteiger partial charge is 0.425 e. The van der Waals surface area contributed by atoms with Crippen molar-refractivity contribution < 1.29 is 43.0 Å². The van der Waals surface area contributed by atoms with Gasteiger partial charge in [0, 0.05) is 41.0 Å². The molecule has 16 heteroatoms. The second kappa shape index (κ2) is 15.9. The molecule has 0 aliphatic carbocycles. The van der Waals surface area contributed by atoms with Crippen LogP contribution in [0.15, 0.2) is 60.9 Å². The molecule has 0 saturated carbocycles. The molecule has 2 heterocycles. The Morgan fingerprint density at radius 1 is 0.574 bits per heavy atom. The maximum absolute atomic E-state index is 12.8. The second-order valence-electron chi connectivity index (χ2n) is 16.0. The fraction of sp³-hybridized carbons (Fsp3) is 0.421. The fourth-order valence-corrected chi connectivity index (χ4v) is 4.52. The minimum atomic E-state index is -0.958. The van der Waals surface area contributed by atoms with E-state index in [1.165, 1.54) is 30.6 Å². The number of nitrogen functional groups attached to an aromatic ring is 1. The number of nitro benzene ring substituents is 1. The predicted octanol–water partition coefficient (Wildman–Crippen LogP) is 9.31. The average molecular weight is 749 g/mol. The van der Waals surface area contributed by atoms with Crippen LogP contribution in [0.2, 0.25) is 0 Å². The number of aromatic nitrogens is 2. The molecule has 4 aromatic rings. The number of hydrogen-bond acceptors (Lipinski definition) is 13. The van der Waals surface area contributed by atoms with Gasteiger partial charge in [-0.15, -0.1) is 0 Å². The number of nitro groups is 1. The molecule has 54 heavy (non-hydrogen) atoms. The van der Waals surface area contributed by atoms with E-state index in [0.717, 1.165) is 10.3 Å². The van der Waals surface area contributed by atoms with Crippen molar-refractivity contribution >= 4 is 68.9 Å². The highest BCUT2D eigenvalue weighted by Crippen LogP contribution is 2.31. The molecule has 0 atom stereocenters. The summed E-state index contributed by atoms with van der Waals surface area (Å²) in [5.41, 5.74) is 2.97. The van der Waals surface area contributed by atoms with Crippen LogP contribution in [-0.2, 0) is 18.9 Å². The first-order valence-corrected chi connectivity index (χ1v) is 16.9. The molecular formula is C38H48N6O10. The maximum Gasteiger partial charge on any atom is 0.425 e. The number of imide groups is 2. The van der Waals surface area contributed by atoms with Gasteiger partial charge in [-0.25, -0.2) is 29.1 Å². The molecule has 16 nitrogen and oxygen atoms in total. The molecule has 4 rings (SSSR count). The third-order valence-corrected chi connectivity index (χ3v) is 6.43. The Kier molecular flexibility index (Phi) is 12.5. The molecule has 0 fully saturated rings. The number of hydrogen-bond donors (Lipinski definition) is 1. The molecule has 0 bridgehead atoms. The molecule has 0 unspecified atom stereocenters. The number of pyridine rings is 2. The molecule has 0 radical (unpaired) electrons. The Morgan fingerprint density at radius 2 is 0.907 bits per heavy atom. The van der Waals surface area contributed by atoms with Crippen LogP contribution < -0.4 is 15.5 Å². The van der Waals surface area contributed by atoms with Crippen molar-refractivity contribution in [3.05, 3.63) is 71.0 Å². The molecular weight excluding hydrogens is 700 g/mol. The van der Waals surface area contributed by atoms with Crippen LogP contribution in [0, 0.1) is 10.1 Å². The summed E-state index contributed by atoms with van der Waals surface area (Å²) < 4.78 is 21.4. The van der Waals surface area contributed by atoms with Crippen LogP contribution >= 0.6 is 0 Å². The van der Waals surface area contributed by atoms with Gasteiger partial charge in [0.25, 0.3) is 5.69 Å². The number of benzene rings is 2. The van der Waals surface area contributed by atoms with Gasteiger partial charge in [-0.3, -0.25) is 10.1 Å². The number of ether oxygens (including phenoxy) is 4. The van der Waals surface area contributed by atoms with E-state index in [4.69, 9.17) is 24.7 Å². The van der Waals surface area contributed by atoms with Gasteiger partial charge in [0.2, 0.25) is 0 Å². The molecule has 0 spiro atoms. The number of anilines is 3. The Bertz CT molecular complexity index is 2000. The third-order valence-electron chi connectivity index (χ3n) is 6.43. The highest BCUT2D eigenvalue weighted by atomic mass is 16.6. The van der Waals surface area contributed by atoms with Crippen molar-refractivity contribution in [1.29, 1.82) is 0 Å². The SMILES string of the molecule is CC(C)(C)OC(=O)N(C(=O)OC(C)(C)C)c1nccc2cc(N)ccc12.CC(C)(C)OC(=O)N(C(=O)OC(C)(C)C)c1nccc2cc([N+](=O)[O-])ccc12. The number of carbonyl (C=O) groups is 4. The summed E-state index contributed by atoms with van der Waals surface area (Å²) in [5.74, 6) is 0.0990. The van der Waals surface area contributed by atoms with Crippen LogP contribution in [0.25, 0.3) is 21.5 Å². The summed E-state index contributed by atoms with van der Waals surface area (Å²) in [4.78, 5) is 71.4. The lowest BCUT2D eigenvalue weighted by atomic mass is 10.1. The first kappa shape index (κ1) is 42.4. The lowest BCUT2D eigenvalue weighted by Gasteiger charge is -2.28. The van der Waals surface area contributed by atoms with Crippen molar-refractivity contribution in [3.8, 4) is 0 Å². The zero-order chi connectivity index (χ0) is 41.0. The van der Waals surface area contributed by atoms with Gasteiger partial charge in [-0.1, -0.05) is 0 Å². The zero-order valence-electron chi connectivity index (χ0n) is 32.7. The van der Waals surface area contributed by atoms with Crippen LogP contribution in [-0.4, -0.2) is 61.7 Å². The van der Waals surface area contributed by atoms with Gasteiger partial charge < -0.3 is 24.7 Å². The van der Waals surface area contributed by atoms with Gasteiger partial charge in [-0.2, -0.15) is 9.80 Å². The standard InChI is InChI=1S/C19H23N3O6.C19H25N3O4/c1-18(2,3)27-16(23)21(17(24)28-19(4,5)6)15-14-8-7-13(22(25)26)11-12(14)9-10-20-15;1-18(2,3)25-16(23)22(17(24)26-19(4,5)6)15-14-8-7-13(20)11-12(14)9-10-21-15/h7-11H,1-6H3;7-11H,20H2,1-6H3. The summed E-state index contributed by atoms with van der Waals surface area (Å²) in [6.45, 7) is 20.3. The minimum Gasteiger partial charge on any atom is -0.443 e. The van der Waals surface area contributed by atoms with E-state index in [2.05, 4.69) is 9.97 Å².